The Hall–Kier alpha value is -2.16. The van der Waals surface area contributed by atoms with Gasteiger partial charge in [-0.25, -0.2) is 0 Å². The summed E-state index contributed by atoms with van der Waals surface area (Å²) in [5.74, 6) is 2.45. The summed E-state index contributed by atoms with van der Waals surface area (Å²) < 4.78 is 5.57. The number of aromatic nitrogens is 2. The van der Waals surface area contributed by atoms with Crippen LogP contribution in [0.4, 0.5) is 17.6 Å². The third-order valence-electron chi connectivity index (χ3n) is 8.19. The number of morpholine rings is 1. The average molecular weight is 543 g/mol. The van der Waals surface area contributed by atoms with E-state index >= 15 is 0 Å². The molecule has 1 aromatic heterocycles. The number of nitrogens with one attached hydrogen (secondary N) is 2. The van der Waals surface area contributed by atoms with Gasteiger partial charge in [0, 0.05) is 48.7 Å². The van der Waals surface area contributed by atoms with Crippen molar-refractivity contribution in [2.45, 2.75) is 69.7 Å². The van der Waals surface area contributed by atoms with Crippen LogP contribution in [-0.2, 0) is 10.2 Å². The number of piperidine rings is 1. The first-order chi connectivity index (χ1) is 18.0. The minimum Gasteiger partial charge on any atom is -0.378 e. The molecule has 1 aliphatic carbocycles. The molecule has 0 amide bonds. The number of benzene rings is 1. The van der Waals surface area contributed by atoms with E-state index in [1.807, 2.05) is 6.07 Å². The first kappa shape index (κ1) is 26.4. The summed E-state index contributed by atoms with van der Waals surface area (Å²) >= 11 is 12.2. The number of halogens is 1. The van der Waals surface area contributed by atoms with Gasteiger partial charge < -0.3 is 25.2 Å². The molecule has 0 spiro atoms. The second kappa shape index (κ2) is 12.1. The molecule has 2 saturated heterocycles. The van der Waals surface area contributed by atoms with Crippen molar-refractivity contribution >= 4 is 46.5 Å². The summed E-state index contributed by atoms with van der Waals surface area (Å²) in [5, 5.41) is 8.19. The van der Waals surface area contributed by atoms with Gasteiger partial charge in [0.1, 0.15) is 11.6 Å². The van der Waals surface area contributed by atoms with Crippen LogP contribution >= 0.6 is 23.8 Å². The van der Waals surface area contributed by atoms with Crippen LogP contribution in [0, 0.1) is 0 Å². The molecule has 3 heterocycles. The highest BCUT2D eigenvalue weighted by Gasteiger charge is 2.34. The third-order valence-corrected chi connectivity index (χ3v) is 8.67. The van der Waals surface area contributed by atoms with Crippen molar-refractivity contribution in [2.75, 3.05) is 54.5 Å². The molecule has 200 valence electrons. The van der Waals surface area contributed by atoms with Gasteiger partial charge in [-0.05, 0) is 68.9 Å². The summed E-state index contributed by atoms with van der Waals surface area (Å²) in [6.07, 6.45) is 9.62. The SMILES string of the molecule is C[C@H]1CCCCN1c1cc(N2CCOCC2)nc(NC(=S)NCC2(c3cccc(Cl)c3)CCCCC2)n1. The maximum atomic E-state index is 6.37. The van der Waals surface area contributed by atoms with Gasteiger partial charge in [0.25, 0.3) is 0 Å². The quantitative estimate of drug-likeness (QED) is 0.462. The monoisotopic (exact) mass is 542 g/mol. The summed E-state index contributed by atoms with van der Waals surface area (Å²) in [6, 6.07) is 10.9. The Labute approximate surface area is 231 Å². The largest absolute Gasteiger partial charge is 0.378 e. The fraction of sp³-hybridized carbons (Fsp3) is 0.607. The van der Waals surface area contributed by atoms with E-state index in [1.165, 1.54) is 44.1 Å². The first-order valence-electron chi connectivity index (χ1n) is 13.8. The van der Waals surface area contributed by atoms with Crippen molar-refractivity contribution in [3.05, 3.63) is 40.9 Å². The van der Waals surface area contributed by atoms with E-state index in [4.69, 9.17) is 38.5 Å². The zero-order chi connectivity index (χ0) is 25.7. The molecular weight excluding hydrogens is 504 g/mol. The van der Waals surface area contributed by atoms with Crippen LogP contribution in [0.25, 0.3) is 0 Å². The van der Waals surface area contributed by atoms with Gasteiger partial charge in [0.15, 0.2) is 5.11 Å². The van der Waals surface area contributed by atoms with Crippen molar-refractivity contribution < 1.29 is 4.74 Å². The first-order valence-corrected chi connectivity index (χ1v) is 14.6. The van der Waals surface area contributed by atoms with Crippen LogP contribution in [0.2, 0.25) is 5.02 Å². The highest BCUT2D eigenvalue weighted by molar-refractivity contribution is 7.80. The molecule has 1 aromatic carbocycles. The molecule has 0 bridgehead atoms. The van der Waals surface area contributed by atoms with Gasteiger partial charge in [0.05, 0.1) is 13.2 Å². The van der Waals surface area contributed by atoms with E-state index < -0.39 is 0 Å². The fourth-order valence-electron chi connectivity index (χ4n) is 6.03. The van der Waals surface area contributed by atoms with Crippen molar-refractivity contribution in [2.24, 2.45) is 0 Å². The summed E-state index contributed by atoms with van der Waals surface area (Å²) in [6.45, 7) is 7.16. The summed E-state index contributed by atoms with van der Waals surface area (Å²) in [5.41, 5.74) is 1.32. The van der Waals surface area contributed by atoms with E-state index in [0.717, 1.165) is 55.7 Å². The predicted molar refractivity (Wildman–Crippen MR) is 156 cm³/mol. The van der Waals surface area contributed by atoms with E-state index in [1.54, 1.807) is 0 Å². The Morgan fingerprint density at radius 3 is 2.59 bits per heavy atom. The summed E-state index contributed by atoms with van der Waals surface area (Å²) in [7, 11) is 0. The molecule has 3 fully saturated rings. The highest BCUT2D eigenvalue weighted by Crippen LogP contribution is 2.39. The number of hydrogen-bond acceptors (Lipinski definition) is 6. The molecule has 5 rings (SSSR count). The van der Waals surface area contributed by atoms with Gasteiger partial charge in [0.2, 0.25) is 5.95 Å². The lowest BCUT2D eigenvalue weighted by Gasteiger charge is -2.38. The number of thiocarbonyl (C=S) groups is 1. The Bertz CT molecular complexity index is 1070. The fourth-order valence-corrected chi connectivity index (χ4v) is 6.38. The lowest BCUT2D eigenvalue weighted by molar-refractivity contribution is 0.122. The summed E-state index contributed by atoms with van der Waals surface area (Å²) in [4.78, 5) is 14.5. The van der Waals surface area contributed by atoms with Gasteiger partial charge in [-0.3, -0.25) is 0 Å². The standard InChI is InChI=1S/C28H39ClN6OS/c1-21-8-3-6-13-35(21)25-19-24(34-14-16-36-17-15-34)31-26(32-25)33-27(37)30-20-28(11-4-2-5-12-28)22-9-7-10-23(29)18-22/h7,9-10,18-19,21H,2-6,8,11-17,20H2,1H3,(H2,30,31,32,33,37)/t21-/m0/s1. The molecule has 1 saturated carbocycles. The zero-order valence-corrected chi connectivity index (χ0v) is 23.4. The van der Waals surface area contributed by atoms with Crippen molar-refractivity contribution in [1.82, 2.24) is 15.3 Å². The van der Waals surface area contributed by atoms with E-state index in [2.05, 4.69) is 51.6 Å². The van der Waals surface area contributed by atoms with E-state index in [0.29, 0.717) is 30.3 Å². The Kier molecular flexibility index (Phi) is 8.67. The number of rotatable bonds is 6. The van der Waals surface area contributed by atoms with Crippen LogP contribution in [0.1, 0.15) is 63.9 Å². The predicted octanol–water partition coefficient (Wildman–Crippen LogP) is 5.53. The van der Waals surface area contributed by atoms with Crippen LogP contribution in [-0.4, -0.2) is 60.5 Å². The Morgan fingerprint density at radius 2 is 1.84 bits per heavy atom. The smallest absolute Gasteiger partial charge is 0.232 e. The van der Waals surface area contributed by atoms with Gasteiger partial charge in [-0.1, -0.05) is 43.0 Å². The minimum atomic E-state index is 0.0276. The number of anilines is 3. The minimum absolute atomic E-state index is 0.0276. The molecule has 2 aromatic rings. The normalized spacial score (nSPS) is 21.9. The topological polar surface area (TPSA) is 65.6 Å². The average Bonchev–Trinajstić information content (AvgIpc) is 2.93. The second-order valence-corrected chi connectivity index (χ2v) is 11.5. The van der Waals surface area contributed by atoms with Crippen molar-refractivity contribution in [1.29, 1.82) is 0 Å². The van der Waals surface area contributed by atoms with Crippen molar-refractivity contribution in [3.8, 4) is 0 Å². The Morgan fingerprint density at radius 1 is 1.05 bits per heavy atom. The molecule has 3 aliphatic rings. The molecule has 9 heteroatoms. The second-order valence-electron chi connectivity index (χ2n) is 10.7. The number of hydrogen-bond donors (Lipinski definition) is 2. The Balaban J connectivity index is 1.33. The number of ether oxygens (including phenoxy) is 1. The van der Waals surface area contributed by atoms with E-state index in [-0.39, 0.29) is 5.41 Å². The molecular formula is C28H39ClN6OS. The molecule has 2 N–H and O–H groups in total. The zero-order valence-electron chi connectivity index (χ0n) is 21.8. The molecule has 7 nitrogen and oxygen atoms in total. The molecule has 0 radical (unpaired) electrons. The van der Waals surface area contributed by atoms with Gasteiger partial charge in [-0.2, -0.15) is 9.97 Å². The van der Waals surface area contributed by atoms with Gasteiger partial charge >= 0.3 is 0 Å². The maximum absolute atomic E-state index is 6.37. The van der Waals surface area contributed by atoms with E-state index in [9.17, 15) is 0 Å². The number of nitrogens with zero attached hydrogens (tertiary/aromatic N) is 4. The van der Waals surface area contributed by atoms with Crippen LogP contribution in [0.15, 0.2) is 30.3 Å². The van der Waals surface area contributed by atoms with Crippen molar-refractivity contribution in [3.63, 3.8) is 0 Å². The lowest BCUT2D eigenvalue weighted by Crippen LogP contribution is -2.44. The third kappa shape index (κ3) is 6.47. The maximum Gasteiger partial charge on any atom is 0.232 e. The van der Waals surface area contributed by atoms with Crippen LogP contribution in [0.5, 0.6) is 0 Å². The van der Waals surface area contributed by atoms with Crippen LogP contribution < -0.4 is 20.4 Å². The molecule has 1 atom stereocenters. The highest BCUT2D eigenvalue weighted by atomic mass is 35.5. The molecule has 0 unspecified atom stereocenters. The van der Waals surface area contributed by atoms with Gasteiger partial charge in [-0.15, -0.1) is 0 Å². The van der Waals surface area contributed by atoms with Crippen LogP contribution in [0.3, 0.4) is 0 Å². The molecule has 37 heavy (non-hydrogen) atoms. The molecule has 2 aliphatic heterocycles. The lowest BCUT2D eigenvalue weighted by atomic mass is 9.69.